The molecule has 0 radical (unpaired) electrons. The van der Waals surface area contributed by atoms with Crippen LogP contribution in [0.3, 0.4) is 0 Å². The summed E-state index contributed by atoms with van der Waals surface area (Å²) in [7, 11) is 3.50. The molecule has 0 spiro atoms. The lowest BCUT2D eigenvalue weighted by atomic mass is 9.84. The second kappa shape index (κ2) is 19.8. The topological polar surface area (TPSA) is 187 Å². The minimum Gasteiger partial charge on any atom is -0.464 e. The third kappa shape index (κ3) is 10.2. The third-order valence-electron chi connectivity index (χ3n) is 13.3. The van der Waals surface area contributed by atoms with Gasteiger partial charge in [0, 0.05) is 93.1 Å². The molecule has 1 aromatic carbocycles. The van der Waals surface area contributed by atoms with Gasteiger partial charge in [-0.15, -0.1) is 0 Å². The SMILES string of the molecule is CC(C)[C@@H](C(=O)N[C@H]1Cc2ncc(n2C)-c2ccc3[nH]c(-c4cccnc4)c(c3c2)CC(C)(C)COC(=O)[C@@H]2CCCN(N2)C1=O)N(C)C(=O)[C@H]1CCN(C(=O)C#CCN2CCOCC2)C1. The van der Waals surface area contributed by atoms with Crippen LogP contribution in [0.25, 0.3) is 33.4 Å². The first kappa shape index (κ1) is 46.4. The highest BCUT2D eigenvalue weighted by Gasteiger charge is 2.40. The van der Waals surface area contributed by atoms with Crippen molar-refractivity contribution in [2.24, 2.45) is 24.3 Å². The van der Waals surface area contributed by atoms with Crippen LogP contribution >= 0.6 is 0 Å². The molecule has 3 aromatic heterocycles. The van der Waals surface area contributed by atoms with Crippen LogP contribution in [0.2, 0.25) is 0 Å². The molecule has 3 fully saturated rings. The number of cyclic esters (lactones) is 1. The molecule has 0 saturated carbocycles. The van der Waals surface area contributed by atoms with Crippen molar-refractivity contribution in [3.05, 3.63) is 60.3 Å². The Kier molecular flexibility index (Phi) is 13.9. The van der Waals surface area contributed by atoms with E-state index in [1.54, 1.807) is 24.3 Å². The van der Waals surface area contributed by atoms with Gasteiger partial charge in [-0.05, 0) is 67.4 Å². The molecule has 6 bridgehead atoms. The summed E-state index contributed by atoms with van der Waals surface area (Å²) in [6, 6.07) is 7.31. The summed E-state index contributed by atoms with van der Waals surface area (Å²) in [4.78, 5) is 88.1. The number of morpholine rings is 1. The number of nitrogens with zero attached hydrogens (tertiary/aromatic N) is 7. The zero-order chi connectivity index (χ0) is 46.7. The number of pyridine rings is 1. The normalized spacial score (nSPS) is 22.0. The average Bonchev–Trinajstić information content (AvgIpc) is 4.05. The maximum absolute atomic E-state index is 14.7. The maximum Gasteiger partial charge on any atom is 0.324 e. The van der Waals surface area contributed by atoms with Crippen molar-refractivity contribution in [1.82, 2.24) is 50.0 Å². The molecule has 0 unspecified atom stereocenters. The zero-order valence-electron chi connectivity index (χ0n) is 38.9. The number of hydrogen-bond acceptors (Lipinski definition) is 11. The quantitative estimate of drug-likeness (QED) is 0.183. The van der Waals surface area contributed by atoms with Gasteiger partial charge in [0.2, 0.25) is 11.8 Å². The third-order valence-corrected chi connectivity index (χ3v) is 13.3. The molecule has 3 N–H and O–H groups in total. The molecule has 66 heavy (non-hydrogen) atoms. The van der Waals surface area contributed by atoms with Gasteiger partial charge in [-0.2, -0.15) is 0 Å². The lowest BCUT2D eigenvalue weighted by Crippen LogP contribution is -2.62. The van der Waals surface area contributed by atoms with E-state index in [0.29, 0.717) is 64.4 Å². The molecule has 17 nitrogen and oxygen atoms in total. The van der Waals surface area contributed by atoms with E-state index in [9.17, 15) is 24.0 Å². The predicted octanol–water partition coefficient (Wildman–Crippen LogP) is 2.95. The van der Waals surface area contributed by atoms with Crippen molar-refractivity contribution in [3.8, 4) is 34.4 Å². The second-order valence-corrected chi connectivity index (χ2v) is 19.2. The van der Waals surface area contributed by atoms with Crippen molar-refractivity contribution >= 4 is 40.5 Å². The number of hydrazine groups is 1. The van der Waals surface area contributed by atoms with E-state index in [2.05, 4.69) is 57.4 Å². The summed E-state index contributed by atoms with van der Waals surface area (Å²) in [5.74, 6) is 3.44. The van der Waals surface area contributed by atoms with Crippen LogP contribution in [0.15, 0.2) is 48.9 Å². The number of likely N-dealkylation sites (tertiary alicyclic amines) is 1. The molecular formula is C49H62N10O7. The minimum atomic E-state index is -1.12. The number of carbonyl (C=O) groups excluding carboxylic acids is 5. The zero-order valence-corrected chi connectivity index (χ0v) is 38.9. The van der Waals surface area contributed by atoms with E-state index in [-0.39, 0.29) is 37.3 Å². The number of fused-ring (bicyclic) bond motifs is 6. The molecule has 3 saturated heterocycles. The molecule has 8 rings (SSSR count). The number of benzene rings is 1. The number of imidazole rings is 1. The van der Waals surface area contributed by atoms with Crippen LogP contribution in [-0.2, 0) is 53.3 Å². The highest BCUT2D eigenvalue weighted by atomic mass is 16.5. The molecule has 17 heteroatoms. The van der Waals surface area contributed by atoms with Crippen LogP contribution < -0.4 is 10.7 Å². The summed E-state index contributed by atoms with van der Waals surface area (Å²) in [5.41, 5.74) is 8.30. The lowest BCUT2D eigenvalue weighted by molar-refractivity contribution is -0.155. The summed E-state index contributed by atoms with van der Waals surface area (Å²) in [5, 5.41) is 5.45. The van der Waals surface area contributed by atoms with Crippen molar-refractivity contribution < 1.29 is 33.4 Å². The summed E-state index contributed by atoms with van der Waals surface area (Å²) >= 11 is 0. The predicted molar refractivity (Wildman–Crippen MR) is 247 cm³/mol. The fraction of sp³-hybridized carbons (Fsp3) is 0.531. The lowest BCUT2D eigenvalue weighted by Gasteiger charge is -2.37. The number of ether oxygens (including phenoxy) is 2. The molecule has 350 valence electrons. The number of H-pyrrole nitrogens is 1. The summed E-state index contributed by atoms with van der Waals surface area (Å²) < 4.78 is 13.3. The van der Waals surface area contributed by atoms with E-state index in [1.165, 1.54) is 9.91 Å². The number of esters is 1. The van der Waals surface area contributed by atoms with Crippen LogP contribution in [0.4, 0.5) is 0 Å². The standard InChI is InChI=1S/C49H62N10O7/c1-31(2)44(56(6)46(62)34-15-19-58(29-34)42(60)12-9-17-57-20-22-65-23-21-57)45(61)53-39-25-41-51-28-40(55(41)5)32-13-14-37-35(24-32)36(43(52-37)33-10-7-16-50-27-33)26-49(3,4)30-66-48(64)38-11-8-18-59(54-38)47(39)63/h7,10,13-14,16,24,27-28,31,34,38-39,44,52,54H,8,11,15,17-23,25-26,29-30H2,1-6H3,(H,53,61)/t34-,38-,39-,44-/m0/s1. The number of nitrogens with one attached hydrogen (secondary N) is 3. The van der Waals surface area contributed by atoms with E-state index in [1.807, 2.05) is 55.9 Å². The van der Waals surface area contributed by atoms with E-state index in [4.69, 9.17) is 14.5 Å². The average molecular weight is 903 g/mol. The molecule has 4 aliphatic heterocycles. The second-order valence-electron chi connectivity index (χ2n) is 19.2. The fourth-order valence-corrected chi connectivity index (χ4v) is 9.66. The molecule has 0 aliphatic carbocycles. The Morgan fingerprint density at radius 1 is 1.05 bits per heavy atom. The molecule has 4 aliphatic rings. The van der Waals surface area contributed by atoms with E-state index >= 15 is 0 Å². The monoisotopic (exact) mass is 902 g/mol. The molecule has 4 aromatic rings. The van der Waals surface area contributed by atoms with Crippen molar-refractivity contribution in [3.63, 3.8) is 0 Å². The smallest absolute Gasteiger partial charge is 0.324 e. The largest absolute Gasteiger partial charge is 0.464 e. The Bertz CT molecular complexity index is 2520. The number of carbonyl (C=O) groups is 5. The maximum atomic E-state index is 14.7. The Morgan fingerprint density at radius 2 is 1.85 bits per heavy atom. The number of rotatable bonds is 7. The number of aromatic amines is 1. The Balaban J connectivity index is 1.05. The first-order valence-electron chi connectivity index (χ1n) is 23.1. The van der Waals surface area contributed by atoms with Crippen LogP contribution in [-0.4, -0.2) is 153 Å². The van der Waals surface area contributed by atoms with Crippen LogP contribution in [0, 0.1) is 29.1 Å². The van der Waals surface area contributed by atoms with Crippen LogP contribution in [0.5, 0.6) is 0 Å². The van der Waals surface area contributed by atoms with Crippen molar-refractivity contribution in [2.45, 2.75) is 77.9 Å². The Morgan fingerprint density at radius 3 is 2.61 bits per heavy atom. The van der Waals surface area contributed by atoms with Gasteiger partial charge in [0.1, 0.15) is 23.9 Å². The highest BCUT2D eigenvalue weighted by molar-refractivity contribution is 5.96. The summed E-state index contributed by atoms with van der Waals surface area (Å²) in [6.07, 6.45) is 7.43. The van der Waals surface area contributed by atoms with Gasteiger partial charge in [0.25, 0.3) is 11.8 Å². The van der Waals surface area contributed by atoms with Gasteiger partial charge < -0.3 is 34.1 Å². The molecular weight excluding hydrogens is 841 g/mol. The first-order valence-corrected chi connectivity index (χ1v) is 23.1. The fourth-order valence-electron chi connectivity index (χ4n) is 9.66. The Labute approximate surface area is 385 Å². The molecule has 4 amide bonds. The number of hydrogen-bond donors (Lipinski definition) is 3. The van der Waals surface area contributed by atoms with Crippen molar-refractivity contribution in [1.29, 1.82) is 0 Å². The minimum absolute atomic E-state index is 0.0279. The van der Waals surface area contributed by atoms with Crippen molar-refractivity contribution in [2.75, 3.05) is 66.1 Å². The van der Waals surface area contributed by atoms with Gasteiger partial charge in [0.15, 0.2) is 0 Å². The molecule has 4 atom stereocenters. The van der Waals surface area contributed by atoms with E-state index < -0.39 is 47.2 Å². The van der Waals surface area contributed by atoms with Gasteiger partial charge in [-0.25, -0.2) is 10.4 Å². The highest BCUT2D eigenvalue weighted by Crippen LogP contribution is 2.37. The molecule has 7 heterocycles. The van der Waals surface area contributed by atoms with Gasteiger partial charge in [-0.3, -0.25) is 38.9 Å². The van der Waals surface area contributed by atoms with Gasteiger partial charge >= 0.3 is 5.97 Å². The first-order chi connectivity index (χ1) is 31.7. The number of amides is 4. The van der Waals surface area contributed by atoms with Crippen LogP contribution in [0.1, 0.15) is 58.3 Å². The number of aromatic nitrogens is 4. The Hall–Kier alpha value is -6.09. The summed E-state index contributed by atoms with van der Waals surface area (Å²) in [6.45, 7) is 12.2. The van der Waals surface area contributed by atoms with Gasteiger partial charge in [0.05, 0.1) is 49.9 Å². The van der Waals surface area contributed by atoms with Gasteiger partial charge in [-0.1, -0.05) is 39.7 Å². The number of likely N-dealkylation sites (N-methyl/N-ethyl adjacent to an activating group) is 1. The van der Waals surface area contributed by atoms with E-state index in [0.717, 1.165) is 52.1 Å².